The van der Waals surface area contributed by atoms with Crippen molar-refractivity contribution in [3.63, 3.8) is 0 Å². The van der Waals surface area contributed by atoms with Crippen LogP contribution < -0.4 is 20.9 Å². The second-order valence-corrected chi connectivity index (χ2v) is 4.37. The Kier molecular flexibility index (Phi) is 3.57. The van der Waals surface area contributed by atoms with Crippen LogP contribution in [0.1, 0.15) is 5.69 Å². The Balaban J connectivity index is 2.01. The third-order valence-electron chi connectivity index (χ3n) is 3.03. The summed E-state index contributed by atoms with van der Waals surface area (Å²) >= 11 is 0. The molecule has 1 aliphatic heterocycles. The molecule has 3 rings (SSSR count). The number of nitrogens with zero attached hydrogens (tertiary/aromatic N) is 4. The standard InChI is InChI=1S/C14H16N6O/c1-21-13-5-4-12(10-16-13)20-14(8-11(9-15)18-20)19-7-3-2-6-17-19/h2-8,10,17H,9,15H2,1H3. The summed E-state index contributed by atoms with van der Waals surface area (Å²) in [6.07, 6.45) is 9.30. The van der Waals surface area contributed by atoms with E-state index in [2.05, 4.69) is 15.5 Å². The molecule has 0 unspecified atom stereocenters. The number of hydrogen-bond donors (Lipinski definition) is 2. The maximum absolute atomic E-state index is 5.70. The van der Waals surface area contributed by atoms with Crippen LogP contribution >= 0.6 is 0 Å². The monoisotopic (exact) mass is 284 g/mol. The number of ether oxygens (including phenoxy) is 1. The summed E-state index contributed by atoms with van der Waals surface area (Å²) in [6, 6.07) is 5.62. The molecule has 108 valence electrons. The van der Waals surface area contributed by atoms with Gasteiger partial charge in [0.2, 0.25) is 5.88 Å². The molecule has 0 bridgehead atoms. The number of anilines is 1. The number of hydrogen-bond acceptors (Lipinski definition) is 6. The van der Waals surface area contributed by atoms with Crippen LogP contribution in [0.5, 0.6) is 5.88 Å². The Morgan fingerprint density at radius 3 is 2.86 bits per heavy atom. The number of allylic oxidation sites excluding steroid dienone is 2. The molecule has 3 N–H and O–H groups in total. The highest BCUT2D eigenvalue weighted by Crippen LogP contribution is 2.22. The summed E-state index contributed by atoms with van der Waals surface area (Å²) in [5.41, 5.74) is 10.5. The lowest BCUT2D eigenvalue weighted by molar-refractivity contribution is 0.397. The molecule has 0 saturated carbocycles. The largest absolute Gasteiger partial charge is 0.481 e. The zero-order valence-corrected chi connectivity index (χ0v) is 11.6. The van der Waals surface area contributed by atoms with Crippen molar-refractivity contribution in [2.24, 2.45) is 5.73 Å². The van der Waals surface area contributed by atoms with Crippen LogP contribution in [0.25, 0.3) is 5.69 Å². The van der Waals surface area contributed by atoms with E-state index in [1.807, 2.05) is 41.7 Å². The van der Waals surface area contributed by atoms with E-state index >= 15 is 0 Å². The van der Waals surface area contributed by atoms with Gasteiger partial charge < -0.3 is 15.9 Å². The smallest absolute Gasteiger partial charge is 0.213 e. The SMILES string of the molecule is COc1ccc(-n2nc(CN)cc2N2C=CC=CN2)cn1. The number of methoxy groups -OCH3 is 1. The first-order chi connectivity index (χ1) is 10.3. The lowest BCUT2D eigenvalue weighted by Crippen LogP contribution is -2.31. The molecule has 0 spiro atoms. The van der Waals surface area contributed by atoms with E-state index < -0.39 is 0 Å². The van der Waals surface area contributed by atoms with Gasteiger partial charge >= 0.3 is 0 Å². The molecule has 0 amide bonds. The molecule has 0 saturated heterocycles. The molecule has 2 aromatic rings. The number of pyridine rings is 1. The number of nitrogens with one attached hydrogen (secondary N) is 1. The Morgan fingerprint density at radius 2 is 2.24 bits per heavy atom. The zero-order chi connectivity index (χ0) is 14.7. The van der Waals surface area contributed by atoms with Crippen LogP contribution in [-0.4, -0.2) is 21.9 Å². The number of nitrogens with two attached hydrogens (primary N) is 1. The Bertz CT molecular complexity index is 673. The molecule has 0 aliphatic carbocycles. The van der Waals surface area contributed by atoms with E-state index in [9.17, 15) is 0 Å². The molecule has 1 aliphatic rings. The summed E-state index contributed by atoms with van der Waals surface area (Å²) in [5.74, 6) is 1.41. The minimum absolute atomic E-state index is 0.372. The van der Waals surface area contributed by atoms with E-state index in [1.54, 1.807) is 24.1 Å². The van der Waals surface area contributed by atoms with Gasteiger partial charge in [0, 0.05) is 31.1 Å². The van der Waals surface area contributed by atoms with Gasteiger partial charge in [0.05, 0.1) is 24.7 Å². The molecule has 7 heteroatoms. The molecule has 2 aromatic heterocycles. The van der Waals surface area contributed by atoms with Gasteiger partial charge in [-0.25, -0.2) is 14.7 Å². The van der Waals surface area contributed by atoms with Gasteiger partial charge in [0.1, 0.15) is 0 Å². The summed E-state index contributed by atoms with van der Waals surface area (Å²) in [7, 11) is 1.59. The fourth-order valence-electron chi connectivity index (χ4n) is 2.00. The quantitative estimate of drug-likeness (QED) is 0.874. The minimum Gasteiger partial charge on any atom is -0.481 e. The average Bonchev–Trinajstić information content (AvgIpc) is 3.00. The Hall–Kier alpha value is -2.80. The molecular weight excluding hydrogens is 268 g/mol. The third-order valence-corrected chi connectivity index (χ3v) is 3.03. The van der Waals surface area contributed by atoms with Crippen LogP contribution in [0, 0.1) is 0 Å². The van der Waals surface area contributed by atoms with Gasteiger partial charge in [-0.15, -0.1) is 0 Å². The van der Waals surface area contributed by atoms with Gasteiger partial charge in [-0.3, -0.25) is 0 Å². The first-order valence-electron chi connectivity index (χ1n) is 6.50. The maximum Gasteiger partial charge on any atom is 0.213 e. The van der Waals surface area contributed by atoms with Crippen LogP contribution in [-0.2, 0) is 6.54 Å². The van der Waals surface area contributed by atoms with Gasteiger partial charge in [0.15, 0.2) is 5.82 Å². The minimum atomic E-state index is 0.372. The highest BCUT2D eigenvalue weighted by Gasteiger charge is 2.14. The van der Waals surface area contributed by atoms with Crippen molar-refractivity contribution in [1.82, 2.24) is 20.2 Å². The zero-order valence-electron chi connectivity index (χ0n) is 11.6. The second kappa shape index (κ2) is 5.68. The van der Waals surface area contributed by atoms with Gasteiger partial charge in [-0.2, -0.15) is 5.10 Å². The molecule has 0 atom stereocenters. The van der Waals surface area contributed by atoms with Crippen molar-refractivity contribution in [2.75, 3.05) is 12.1 Å². The molecule has 0 aromatic carbocycles. The fraction of sp³-hybridized carbons (Fsp3) is 0.143. The Labute approximate surface area is 122 Å². The van der Waals surface area contributed by atoms with Crippen LogP contribution in [0.15, 0.2) is 48.9 Å². The normalized spacial score (nSPS) is 13.3. The van der Waals surface area contributed by atoms with E-state index in [-0.39, 0.29) is 0 Å². The molecule has 7 nitrogen and oxygen atoms in total. The molecule has 21 heavy (non-hydrogen) atoms. The maximum atomic E-state index is 5.70. The Morgan fingerprint density at radius 1 is 1.33 bits per heavy atom. The molecule has 3 heterocycles. The predicted molar refractivity (Wildman–Crippen MR) is 79.7 cm³/mol. The van der Waals surface area contributed by atoms with Crippen LogP contribution in [0.2, 0.25) is 0 Å². The highest BCUT2D eigenvalue weighted by molar-refractivity contribution is 5.50. The molecule has 0 fully saturated rings. The lowest BCUT2D eigenvalue weighted by Gasteiger charge is -2.22. The van der Waals surface area contributed by atoms with Crippen molar-refractivity contribution >= 4 is 5.82 Å². The molecular formula is C14H16N6O. The summed E-state index contributed by atoms with van der Waals surface area (Å²) < 4.78 is 6.86. The van der Waals surface area contributed by atoms with E-state index in [1.165, 1.54) is 0 Å². The van der Waals surface area contributed by atoms with E-state index in [0.717, 1.165) is 17.2 Å². The number of rotatable bonds is 4. The van der Waals surface area contributed by atoms with Crippen molar-refractivity contribution < 1.29 is 4.74 Å². The van der Waals surface area contributed by atoms with Crippen molar-refractivity contribution in [3.8, 4) is 11.6 Å². The first-order valence-corrected chi connectivity index (χ1v) is 6.50. The molecule has 0 radical (unpaired) electrons. The van der Waals surface area contributed by atoms with Crippen LogP contribution in [0.3, 0.4) is 0 Å². The highest BCUT2D eigenvalue weighted by atomic mass is 16.5. The number of aromatic nitrogens is 3. The summed E-state index contributed by atoms with van der Waals surface area (Å²) in [4.78, 5) is 4.21. The second-order valence-electron chi connectivity index (χ2n) is 4.37. The van der Waals surface area contributed by atoms with Gasteiger partial charge in [-0.05, 0) is 18.2 Å². The average molecular weight is 284 g/mol. The van der Waals surface area contributed by atoms with Crippen molar-refractivity contribution in [3.05, 3.63) is 54.6 Å². The first kappa shape index (κ1) is 13.2. The van der Waals surface area contributed by atoms with E-state index in [0.29, 0.717) is 12.4 Å². The van der Waals surface area contributed by atoms with E-state index in [4.69, 9.17) is 10.5 Å². The van der Waals surface area contributed by atoms with Gasteiger partial charge in [0.25, 0.3) is 0 Å². The van der Waals surface area contributed by atoms with Crippen LogP contribution in [0.4, 0.5) is 5.82 Å². The number of hydrazine groups is 1. The van der Waals surface area contributed by atoms with Gasteiger partial charge in [-0.1, -0.05) is 0 Å². The van der Waals surface area contributed by atoms with Crippen molar-refractivity contribution in [1.29, 1.82) is 0 Å². The topological polar surface area (TPSA) is 81.2 Å². The summed E-state index contributed by atoms with van der Waals surface area (Å²) in [6.45, 7) is 0.372. The fourth-order valence-corrected chi connectivity index (χ4v) is 2.00. The predicted octanol–water partition coefficient (Wildman–Crippen LogP) is 1.09. The summed E-state index contributed by atoms with van der Waals surface area (Å²) in [5, 5.41) is 6.36. The lowest BCUT2D eigenvalue weighted by atomic mass is 10.4. The third kappa shape index (κ3) is 2.59. The van der Waals surface area contributed by atoms with Crippen molar-refractivity contribution in [2.45, 2.75) is 6.54 Å².